The Bertz CT molecular complexity index is 326. The maximum absolute atomic E-state index is 11.9. The first kappa shape index (κ1) is 13.3. The Morgan fingerprint density at radius 3 is 2.33 bits per heavy atom. The summed E-state index contributed by atoms with van der Waals surface area (Å²) in [6.07, 6.45) is 2.71. The van der Waals surface area contributed by atoms with E-state index in [1.807, 2.05) is 0 Å². The normalized spacial score (nSPS) is 36.3. The molecule has 2 atom stereocenters. The van der Waals surface area contributed by atoms with Crippen LogP contribution in [0.3, 0.4) is 0 Å². The van der Waals surface area contributed by atoms with Crippen LogP contribution in [-0.2, 0) is 9.59 Å². The molecule has 1 heterocycles. The molecule has 2 unspecified atom stereocenters. The highest BCUT2D eigenvalue weighted by Gasteiger charge is 2.31. The van der Waals surface area contributed by atoms with E-state index in [1.165, 1.54) is 0 Å². The maximum Gasteiger partial charge on any atom is 0.306 e. The van der Waals surface area contributed by atoms with Gasteiger partial charge in [-0.25, -0.2) is 0 Å². The number of β-amino-alcohol motifs (C(OH)–C–C–N with tert-alkyl or cyclic N) is 1. The Kier molecular flexibility index (Phi) is 4.19. The molecular formula is C12H20N2O4. The number of amides is 1. The molecule has 1 saturated heterocycles. The molecule has 6 nitrogen and oxygen atoms in total. The van der Waals surface area contributed by atoms with Gasteiger partial charge in [0.25, 0.3) is 0 Å². The van der Waals surface area contributed by atoms with Crippen LogP contribution in [0.15, 0.2) is 0 Å². The zero-order chi connectivity index (χ0) is 13.1. The van der Waals surface area contributed by atoms with E-state index in [9.17, 15) is 14.7 Å². The van der Waals surface area contributed by atoms with E-state index in [0.717, 1.165) is 12.8 Å². The molecule has 4 N–H and O–H groups in total. The Balaban J connectivity index is 1.74. The van der Waals surface area contributed by atoms with Gasteiger partial charge in [0, 0.05) is 12.6 Å². The van der Waals surface area contributed by atoms with Crippen molar-refractivity contribution in [3.8, 4) is 0 Å². The highest BCUT2D eigenvalue weighted by atomic mass is 16.4. The van der Waals surface area contributed by atoms with E-state index >= 15 is 0 Å². The first-order valence-corrected chi connectivity index (χ1v) is 6.51. The molecule has 0 aromatic carbocycles. The first-order chi connectivity index (χ1) is 8.56. The number of nitrogens with one attached hydrogen (secondary N) is 2. The van der Waals surface area contributed by atoms with E-state index in [4.69, 9.17) is 5.11 Å². The largest absolute Gasteiger partial charge is 0.481 e. The molecule has 0 bridgehead atoms. The van der Waals surface area contributed by atoms with Crippen molar-refractivity contribution in [2.24, 2.45) is 5.92 Å². The highest BCUT2D eigenvalue weighted by Crippen LogP contribution is 2.24. The number of carbonyl (C=O) groups is 2. The lowest BCUT2D eigenvalue weighted by molar-refractivity contribution is -0.142. The van der Waals surface area contributed by atoms with Crippen molar-refractivity contribution in [3.05, 3.63) is 0 Å². The molecule has 102 valence electrons. The molecule has 1 aliphatic heterocycles. The second-order valence-electron chi connectivity index (χ2n) is 5.25. The average Bonchev–Trinajstić information content (AvgIpc) is 2.76. The van der Waals surface area contributed by atoms with Crippen molar-refractivity contribution in [1.82, 2.24) is 10.6 Å². The lowest BCUT2D eigenvalue weighted by Crippen LogP contribution is -2.46. The zero-order valence-corrected chi connectivity index (χ0v) is 10.3. The summed E-state index contributed by atoms with van der Waals surface area (Å²) in [6, 6.07) is -0.232. The van der Waals surface area contributed by atoms with Crippen LogP contribution in [-0.4, -0.2) is 46.8 Å². The van der Waals surface area contributed by atoms with Crippen LogP contribution in [0.5, 0.6) is 0 Å². The van der Waals surface area contributed by atoms with Crippen LogP contribution in [0.4, 0.5) is 0 Å². The second-order valence-corrected chi connectivity index (χ2v) is 5.25. The molecule has 0 aromatic rings. The van der Waals surface area contributed by atoms with Crippen molar-refractivity contribution in [2.45, 2.75) is 50.3 Å². The lowest BCUT2D eigenvalue weighted by Gasteiger charge is -2.27. The number of carboxylic acid groups (broad SMARTS) is 1. The molecule has 0 radical (unpaired) electrons. The molecule has 1 amide bonds. The summed E-state index contributed by atoms with van der Waals surface area (Å²) in [4.78, 5) is 22.7. The fraction of sp³-hybridized carbons (Fsp3) is 0.833. The summed E-state index contributed by atoms with van der Waals surface area (Å²) >= 11 is 0. The number of hydrogen-bond donors (Lipinski definition) is 4. The third-order valence-electron chi connectivity index (χ3n) is 3.85. The van der Waals surface area contributed by atoms with Crippen molar-refractivity contribution < 1.29 is 19.8 Å². The topological polar surface area (TPSA) is 98.7 Å². The van der Waals surface area contributed by atoms with Gasteiger partial charge in [0.2, 0.25) is 5.91 Å². The van der Waals surface area contributed by atoms with Crippen LogP contribution in [0.25, 0.3) is 0 Å². The number of rotatable bonds is 3. The van der Waals surface area contributed by atoms with E-state index in [2.05, 4.69) is 10.6 Å². The predicted molar refractivity (Wildman–Crippen MR) is 63.9 cm³/mol. The van der Waals surface area contributed by atoms with Crippen molar-refractivity contribution >= 4 is 11.9 Å². The molecule has 1 saturated carbocycles. The zero-order valence-electron chi connectivity index (χ0n) is 10.3. The third-order valence-corrected chi connectivity index (χ3v) is 3.85. The van der Waals surface area contributed by atoms with E-state index < -0.39 is 12.1 Å². The molecule has 0 aromatic heterocycles. The van der Waals surface area contributed by atoms with Gasteiger partial charge < -0.3 is 20.8 Å². The van der Waals surface area contributed by atoms with Crippen LogP contribution < -0.4 is 10.6 Å². The number of carbonyl (C=O) groups excluding carboxylic acids is 1. The minimum absolute atomic E-state index is 0.0765. The van der Waals surface area contributed by atoms with Gasteiger partial charge in [-0.3, -0.25) is 9.59 Å². The van der Waals surface area contributed by atoms with Crippen molar-refractivity contribution in [1.29, 1.82) is 0 Å². The predicted octanol–water partition coefficient (Wildman–Crippen LogP) is -0.531. The van der Waals surface area contributed by atoms with Gasteiger partial charge in [-0.05, 0) is 32.1 Å². The van der Waals surface area contributed by atoms with E-state index in [1.54, 1.807) is 0 Å². The second kappa shape index (κ2) is 5.67. The molecule has 2 fully saturated rings. The lowest BCUT2D eigenvalue weighted by atomic mass is 9.86. The number of aliphatic hydroxyl groups is 1. The van der Waals surface area contributed by atoms with Crippen LogP contribution >= 0.6 is 0 Å². The summed E-state index contributed by atoms with van der Waals surface area (Å²) in [7, 11) is 0. The third kappa shape index (κ3) is 3.20. The minimum Gasteiger partial charge on any atom is -0.481 e. The number of carboxylic acids is 1. The van der Waals surface area contributed by atoms with Gasteiger partial charge in [-0.1, -0.05) is 0 Å². The number of aliphatic carboxylic acids is 1. The van der Waals surface area contributed by atoms with Gasteiger partial charge in [-0.15, -0.1) is 0 Å². The Hall–Kier alpha value is -1.14. The highest BCUT2D eigenvalue weighted by molar-refractivity contribution is 5.82. The average molecular weight is 256 g/mol. The Morgan fingerprint density at radius 1 is 1.17 bits per heavy atom. The molecule has 2 rings (SSSR count). The molecule has 6 heteroatoms. The number of aliphatic hydroxyl groups excluding tert-OH is 1. The molecule has 0 spiro atoms. The van der Waals surface area contributed by atoms with Gasteiger partial charge in [-0.2, -0.15) is 0 Å². The van der Waals surface area contributed by atoms with E-state index in [0.29, 0.717) is 25.8 Å². The smallest absolute Gasteiger partial charge is 0.306 e. The van der Waals surface area contributed by atoms with E-state index in [-0.39, 0.29) is 23.9 Å². The van der Waals surface area contributed by atoms with Crippen LogP contribution in [0, 0.1) is 5.92 Å². The fourth-order valence-corrected chi connectivity index (χ4v) is 2.70. The maximum atomic E-state index is 11.9. The summed E-state index contributed by atoms with van der Waals surface area (Å²) in [5, 5.41) is 24.1. The van der Waals surface area contributed by atoms with Crippen molar-refractivity contribution in [2.75, 3.05) is 6.54 Å². The molecule has 2 aliphatic rings. The Morgan fingerprint density at radius 2 is 1.83 bits per heavy atom. The van der Waals surface area contributed by atoms with Crippen LogP contribution in [0.2, 0.25) is 0 Å². The SMILES string of the molecule is O=C(O)C1CCC(NC(=O)C2CC(O)CN2)CC1. The quantitative estimate of drug-likeness (QED) is 0.544. The molecular weight excluding hydrogens is 236 g/mol. The first-order valence-electron chi connectivity index (χ1n) is 6.51. The summed E-state index contributed by atoms with van der Waals surface area (Å²) in [5.74, 6) is -1.07. The number of hydrogen-bond acceptors (Lipinski definition) is 4. The minimum atomic E-state index is -0.736. The monoisotopic (exact) mass is 256 g/mol. The summed E-state index contributed by atoms with van der Waals surface area (Å²) < 4.78 is 0. The van der Waals surface area contributed by atoms with Crippen molar-refractivity contribution in [3.63, 3.8) is 0 Å². The molecule has 18 heavy (non-hydrogen) atoms. The van der Waals surface area contributed by atoms with Gasteiger partial charge in [0.15, 0.2) is 0 Å². The fourth-order valence-electron chi connectivity index (χ4n) is 2.70. The van der Waals surface area contributed by atoms with Gasteiger partial charge >= 0.3 is 5.97 Å². The van der Waals surface area contributed by atoms with Crippen LogP contribution in [0.1, 0.15) is 32.1 Å². The standard InChI is InChI=1S/C12H20N2O4/c15-9-5-10(13-6-9)11(16)14-8-3-1-7(2-4-8)12(17)18/h7-10,13,15H,1-6H2,(H,14,16)(H,17,18). The summed E-state index contributed by atoms with van der Waals surface area (Å²) in [5.41, 5.74) is 0. The molecule has 1 aliphatic carbocycles. The van der Waals surface area contributed by atoms with Gasteiger partial charge in [0.05, 0.1) is 18.1 Å². The van der Waals surface area contributed by atoms with Gasteiger partial charge in [0.1, 0.15) is 0 Å². The summed E-state index contributed by atoms with van der Waals surface area (Å²) in [6.45, 7) is 0.462. The Labute approximate surface area is 106 Å².